The quantitative estimate of drug-likeness (QED) is 0.882. The maximum atomic E-state index is 12.4. The van der Waals surface area contributed by atoms with Crippen LogP contribution in [0.3, 0.4) is 0 Å². The van der Waals surface area contributed by atoms with E-state index in [1.807, 2.05) is 12.1 Å². The first-order valence-electron chi connectivity index (χ1n) is 7.04. The third-order valence-corrected chi connectivity index (χ3v) is 4.03. The summed E-state index contributed by atoms with van der Waals surface area (Å²) in [7, 11) is -1.55. The summed E-state index contributed by atoms with van der Waals surface area (Å²) >= 11 is 0. The van der Waals surface area contributed by atoms with E-state index in [0.717, 1.165) is 5.56 Å². The highest BCUT2D eigenvalue weighted by Crippen LogP contribution is 2.16. The van der Waals surface area contributed by atoms with Crippen LogP contribution in [-0.2, 0) is 26.9 Å². The number of hydrogen-bond donors (Lipinski definition) is 1. The summed E-state index contributed by atoms with van der Waals surface area (Å²) in [6, 6.07) is 14.0. The van der Waals surface area contributed by atoms with E-state index >= 15 is 0 Å². The molecule has 2 aromatic carbocycles. The monoisotopic (exact) mass is 333 g/mol. The Morgan fingerprint density at radius 2 is 1.87 bits per heavy atom. The van der Waals surface area contributed by atoms with E-state index < -0.39 is 9.84 Å². The summed E-state index contributed by atoms with van der Waals surface area (Å²) in [4.78, 5) is 12.4. The van der Waals surface area contributed by atoms with Gasteiger partial charge in [0.25, 0.3) is 5.91 Å². The van der Waals surface area contributed by atoms with Crippen LogP contribution in [0.5, 0.6) is 0 Å². The minimum atomic E-state index is -3.12. The smallest absolute Gasteiger partial charge is 0.256 e. The van der Waals surface area contributed by atoms with Crippen LogP contribution in [0.15, 0.2) is 48.5 Å². The molecule has 0 fully saturated rings. The first-order valence-corrected chi connectivity index (χ1v) is 9.10. The molecular formula is C17H19NO4S. The van der Waals surface area contributed by atoms with Gasteiger partial charge in [0, 0.05) is 24.6 Å². The molecule has 0 unspecified atom stereocenters. The Morgan fingerprint density at radius 3 is 2.57 bits per heavy atom. The fourth-order valence-electron chi connectivity index (χ4n) is 2.26. The van der Waals surface area contributed by atoms with Gasteiger partial charge in [-0.05, 0) is 29.3 Å². The molecule has 0 aromatic heterocycles. The molecule has 122 valence electrons. The Kier molecular flexibility index (Phi) is 5.52. The number of rotatable bonds is 6. The molecule has 23 heavy (non-hydrogen) atoms. The van der Waals surface area contributed by atoms with Gasteiger partial charge in [-0.15, -0.1) is 0 Å². The number of hydrogen-bond acceptors (Lipinski definition) is 4. The fourth-order valence-corrected chi connectivity index (χ4v) is 3.05. The number of benzene rings is 2. The zero-order chi connectivity index (χ0) is 16.9. The largest absolute Gasteiger partial charge is 0.380 e. The number of ether oxygens (including phenoxy) is 1. The van der Waals surface area contributed by atoms with Crippen molar-refractivity contribution < 1.29 is 17.9 Å². The highest BCUT2D eigenvalue weighted by atomic mass is 32.2. The van der Waals surface area contributed by atoms with Crippen LogP contribution in [0.2, 0.25) is 0 Å². The molecule has 0 spiro atoms. The summed E-state index contributed by atoms with van der Waals surface area (Å²) in [5.74, 6) is -0.314. The summed E-state index contributed by atoms with van der Waals surface area (Å²) in [5.41, 5.74) is 2.52. The van der Waals surface area contributed by atoms with Crippen LogP contribution in [0.1, 0.15) is 21.5 Å². The van der Waals surface area contributed by atoms with Gasteiger partial charge in [0.1, 0.15) is 0 Å². The van der Waals surface area contributed by atoms with E-state index in [1.165, 1.54) is 6.26 Å². The lowest BCUT2D eigenvalue weighted by molar-refractivity contribution is 0.102. The van der Waals surface area contributed by atoms with Crippen LogP contribution >= 0.6 is 0 Å². The predicted octanol–water partition coefficient (Wildman–Crippen LogP) is 2.63. The normalized spacial score (nSPS) is 11.2. The van der Waals surface area contributed by atoms with E-state index in [-0.39, 0.29) is 11.7 Å². The topological polar surface area (TPSA) is 72.5 Å². The Hall–Kier alpha value is -2.18. The van der Waals surface area contributed by atoms with Gasteiger partial charge >= 0.3 is 0 Å². The van der Waals surface area contributed by atoms with Crippen LogP contribution in [0.25, 0.3) is 0 Å². The van der Waals surface area contributed by atoms with Gasteiger partial charge in [-0.2, -0.15) is 0 Å². The molecule has 0 saturated heterocycles. The minimum absolute atomic E-state index is 0.0586. The standard InChI is InChI=1S/C17H19NO4S/c1-22-11-14-7-3-4-9-16(14)17(19)18-15-8-5-6-13(10-15)12-23(2,20)21/h3-10H,11-12H2,1-2H3,(H,18,19). The van der Waals surface area contributed by atoms with Crippen molar-refractivity contribution in [2.45, 2.75) is 12.4 Å². The van der Waals surface area contributed by atoms with Crippen LogP contribution in [0.4, 0.5) is 5.69 Å². The van der Waals surface area contributed by atoms with Crippen molar-refractivity contribution in [3.05, 3.63) is 65.2 Å². The van der Waals surface area contributed by atoms with Crippen LogP contribution in [-0.4, -0.2) is 27.7 Å². The maximum Gasteiger partial charge on any atom is 0.256 e. The van der Waals surface area contributed by atoms with E-state index in [4.69, 9.17) is 4.74 Å². The molecule has 0 atom stereocenters. The minimum Gasteiger partial charge on any atom is -0.380 e. The van der Waals surface area contributed by atoms with Gasteiger partial charge in [-0.25, -0.2) is 8.42 Å². The highest BCUT2D eigenvalue weighted by molar-refractivity contribution is 7.89. The van der Waals surface area contributed by atoms with Gasteiger partial charge in [-0.1, -0.05) is 30.3 Å². The third-order valence-electron chi connectivity index (χ3n) is 3.18. The second-order valence-electron chi connectivity index (χ2n) is 5.31. The van der Waals surface area contributed by atoms with E-state index in [1.54, 1.807) is 43.5 Å². The molecule has 0 aliphatic carbocycles. The summed E-state index contributed by atoms with van der Waals surface area (Å²) in [6.45, 7) is 0.345. The van der Waals surface area contributed by atoms with Crippen LogP contribution < -0.4 is 5.32 Å². The Balaban J connectivity index is 2.19. The Labute approximate surface area is 136 Å². The molecule has 1 amide bonds. The van der Waals surface area contributed by atoms with Crippen molar-refractivity contribution >= 4 is 21.4 Å². The number of sulfone groups is 1. The van der Waals surface area contributed by atoms with E-state index in [9.17, 15) is 13.2 Å². The molecule has 1 N–H and O–H groups in total. The lowest BCUT2D eigenvalue weighted by atomic mass is 10.1. The Morgan fingerprint density at radius 1 is 1.13 bits per heavy atom. The van der Waals surface area contributed by atoms with E-state index in [0.29, 0.717) is 23.4 Å². The molecular weight excluding hydrogens is 314 g/mol. The van der Waals surface area contributed by atoms with Crippen molar-refractivity contribution in [2.24, 2.45) is 0 Å². The molecule has 2 rings (SSSR count). The fraction of sp³-hybridized carbons (Fsp3) is 0.235. The number of nitrogens with one attached hydrogen (secondary N) is 1. The summed E-state index contributed by atoms with van der Waals surface area (Å²) < 4.78 is 27.8. The van der Waals surface area contributed by atoms with Gasteiger partial charge in [-0.3, -0.25) is 4.79 Å². The molecule has 0 saturated carbocycles. The predicted molar refractivity (Wildman–Crippen MR) is 90.1 cm³/mol. The highest BCUT2D eigenvalue weighted by Gasteiger charge is 2.12. The first kappa shape index (κ1) is 17.2. The molecule has 6 heteroatoms. The van der Waals surface area contributed by atoms with E-state index in [2.05, 4.69) is 5.32 Å². The molecule has 0 aliphatic rings. The first-order chi connectivity index (χ1) is 10.9. The molecule has 0 radical (unpaired) electrons. The average Bonchev–Trinajstić information content (AvgIpc) is 2.46. The van der Waals surface area contributed by atoms with Crippen molar-refractivity contribution in [3.8, 4) is 0 Å². The second kappa shape index (κ2) is 7.39. The third kappa shape index (κ3) is 5.19. The zero-order valence-corrected chi connectivity index (χ0v) is 13.9. The zero-order valence-electron chi connectivity index (χ0n) is 13.1. The van der Waals surface area contributed by atoms with Crippen molar-refractivity contribution in [2.75, 3.05) is 18.7 Å². The SMILES string of the molecule is COCc1ccccc1C(=O)Nc1cccc(CS(C)(=O)=O)c1. The molecule has 0 heterocycles. The van der Waals surface area contributed by atoms with Crippen molar-refractivity contribution in [3.63, 3.8) is 0 Å². The van der Waals surface area contributed by atoms with Crippen molar-refractivity contribution in [1.29, 1.82) is 0 Å². The number of methoxy groups -OCH3 is 1. The molecule has 0 aliphatic heterocycles. The summed E-state index contributed by atoms with van der Waals surface area (Å²) in [5, 5.41) is 2.79. The Bertz CT molecular complexity index is 800. The van der Waals surface area contributed by atoms with Gasteiger partial charge in [0.2, 0.25) is 0 Å². The summed E-state index contributed by atoms with van der Waals surface area (Å²) in [6.07, 6.45) is 1.18. The second-order valence-corrected chi connectivity index (χ2v) is 7.45. The van der Waals surface area contributed by atoms with Crippen LogP contribution in [0, 0.1) is 0 Å². The maximum absolute atomic E-state index is 12.4. The van der Waals surface area contributed by atoms with Crippen molar-refractivity contribution in [1.82, 2.24) is 0 Å². The number of carbonyl (C=O) groups is 1. The lowest BCUT2D eigenvalue weighted by Gasteiger charge is -2.10. The van der Waals surface area contributed by atoms with Gasteiger partial charge in [0.15, 0.2) is 9.84 Å². The number of amides is 1. The molecule has 5 nitrogen and oxygen atoms in total. The number of carbonyl (C=O) groups excluding carboxylic acids is 1. The molecule has 0 bridgehead atoms. The van der Waals surface area contributed by atoms with Gasteiger partial charge < -0.3 is 10.1 Å². The lowest BCUT2D eigenvalue weighted by Crippen LogP contribution is -2.14. The van der Waals surface area contributed by atoms with Gasteiger partial charge in [0.05, 0.1) is 12.4 Å². The number of anilines is 1. The average molecular weight is 333 g/mol. The molecule has 2 aromatic rings.